The minimum absolute atomic E-state index is 0.120. The SMILES string of the molecule is Cc1c(CNc2ccc3c(c2)OC[C@H]3C(C)C(=O)O)cccc1-n1c([C@H]2CCCO2)nc2cc(F)ccc21. The highest BCUT2D eigenvalue weighted by molar-refractivity contribution is 5.79. The van der Waals surface area contributed by atoms with Crippen LogP contribution in [0.3, 0.4) is 0 Å². The molecule has 3 heterocycles. The van der Waals surface area contributed by atoms with Gasteiger partial charge in [0.25, 0.3) is 0 Å². The van der Waals surface area contributed by atoms with Crippen LogP contribution >= 0.6 is 0 Å². The van der Waals surface area contributed by atoms with E-state index in [-0.39, 0.29) is 17.8 Å². The highest BCUT2D eigenvalue weighted by atomic mass is 19.1. The monoisotopic (exact) mass is 515 g/mol. The van der Waals surface area contributed by atoms with Gasteiger partial charge in [-0.05, 0) is 55.2 Å². The van der Waals surface area contributed by atoms with Crippen LogP contribution in [0.15, 0.2) is 54.6 Å². The molecule has 1 fully saturated rings. The van der Waals surface area contributed by atoms with Crippen molar-refractivity contribution < 1.29 is 23.8 Å². The molecule has 3 aromatic carbocycles. The number of hydrogen-bond acceptors (Lipinski definition) is 5. The maximum atomic E-state index is 14.0. The van der Waals surface area contributed by atoms with E-state index >= 15 is 0 Å². The lowest BCUT2D eigenvalue weighted by molar-refractivity contribution is -0.142. The lowest BCUT2D eigenvalue weighted by atomic mass is 9.89. The number of rotatable bonds is 7. The predicted molar refractivity (Wildman–Crippen MR) is 142 cm³/mol. The minimum Gasteiger partial charge on any atom is -0.493 e. The number of halogens is 1. The van der Waals surface area contributed by atoms with Crippen molar-refractivity contribution in [3.63, 3.8) is 0 Å². The Balaban J connectivity index is 1.29. The molecule has 2 aliphatic heterocycles. The van der Waals surface area contributed by atoms with Crippen LogP contribution in [-0.4, -0.2) is 33.8 Å². The number of nitrogens with zero attached hydrogens (tertiary/aromatic N) is 2. The topological polar surface area (TPSA) is 85.6 Å². The lowest BCUT2D eigenvalue weighted by Gasteiger charge is -2.18. The van der Waals surface area contributed by atoms with Crippen LogP contribution in [0.25, 0.3) is 16.7 Å². The van der Waals surface area contributed by atoms with Crippen molar-refractivity contribution in [2.24, 2.45) is 5.92 Å². The Morgan fingerprint density at radius 3 is 2.89 bits per heavy atom. The van der Waals surface area contributed by atoms with Crippen LogP contribution < -0.4 is 10.1 Å². The first-order valence-electron chi connectivity index (χ1n) is 13.0. The minimum atomic E-state index is -0.817. The lowest BCUT2D eigenvalue weighted by Crippen LogP contribution is -2.19. The van der Waals surface area contributed by atoms with Gasteiger partial charge in [0.2, 0.25) is 0 Å². The van der Waals surface area contributed by atoms with Gasteiger partial charge in [0, 0.05) is 42.5 Å². The van der Waals surface area contributed by atoms with E-state index < -0.39 is 11.9 Å². The quantitative estimate of drug-likeness (QED) is 0.308. The Morgan fingerprint density at radius 2 is 2.11 bits per heavy atom. The fourth-order valence-electron chi connectivity index (χ4n) is 5.55. The van der Waals surface area contributed by atoms with E-state index in [1.165, 1.54) is 12.1 Å². The first kappa shape index (κ1) is 24.4. The molecule has 3 atom stereocenters. The van der Waals surface area contributed by atoms with Gasteiger partial charge in [0.15, 0.2) is 0 Å². The number of carboxylic acid groups (broad SMARTS) is 1. The summed E-state index contributed by atoms with van der Waals surface area (Å²) in [5.41, 5.74) is 6.51. The van der Waals surface area contributed by atoms with Crippen molar-refractivity contribution in [2.75, 3.05) is 18.5 Å². The molecular formula is C30H30FN3O4. The Morgan fingerprint density at radius 1 is 1.24 bits per heavy atom. The van der Waals surface area contributed by atoms with Crippen LogP contribution in [0, 0.1) is 18.7 Å². The van der Waals surface area contributed by atoms with Crippen LogP contribution in [0.4, 0.5) is 10.1 Å². The number of hydrogen-bond donors (Lipinski definition) is 2. The van der Waals surface area contributed by atoms with Gasteiger partial charge in [-0.15, -0.1) is 0 Å². The van der Waals surface area contributed by atoms with Crippen LogP contribution in [0.1, 0.15) is 54.3 Å². The molecule has 0 saturated carbocycles. The van der Waals surface area contributed by atoms with E-state index in [0.29, 0.717) is 25.3 Å². The molecule has 7 nitrogen and oxygen atoms in total. The number of aliphatic carboxylic acids is 1. The normalized spacial score (nSPS) is 19.3. The molecule has 1 unspecified atom stereocenters. The fraction of sp³-hybridized carbons (Fsp3) is 0.333. The molecule has 196 valence electrons. The van der Waals surface area contributed by atoms with Crippen molar-refractivity contribution in [1.29, 1.82) is 0 Å². The number of anilines is 1. The van der Waals surface area contributed by atoms with Gasteiger partial charge in [-0.1, -0.05) is 25.1 Å². The van der Waals surface area contributed by atoms with Gasteiger partial charge in [0.1, 0.15) is 23.5 Å². The molecule has 4 aromatic rings. The number of nitrogens with one attached hydrogen (secondary N) is 1. The zero-order chi connectivity index (χ0) is 26.4. The summed E-state index contributed by atoms with van der Waals surface area (Å²) in [6.45, 7) is 5.47. The third kappa shape index (κ3) is 4.28. The van der Waals surface area contributed by atoms with Gasteiger partial charge in [-0.2, -0.15) is 0 Å². The Hall–Kier alpha value is -3.91. The number of fused-ring (bicyclic) bond motifs is 2. The van der Waals surface area contributed by atoms with Crippen molar-refractivity contribution in [1.82, 2.24) is 9.55 Å². The van der Waals surface area contributed by atoms with E-state index in [1.807, 2.05) is 24.3 Å². The first-order chi connectivity index (χ1) is 18.4. The first-order valence-corrected chi connectivity index (χ1v) is 13.0. The van der Waals surface area contributed by atoms with Gasteiger partial charge in [0.05, 0.1) is 29.2 Å². The van der Waals surface area contributed by atoms with E-state index in [0.717, 1.165) is 58.0 Å². The predicted octanol–water partition coefficient (Wildman–Crippen LogP) is 6.13. The molecule has 2 aliphatic rings. The van der Waals surface area contributed by atoms with Crippen LogP contribution in [0.2, 0.25) is 0 Å². The highest BCUT2D eigenvalue weighted by Crippen LogP contribution is 2.40. The summed E-state index contributed by atoms with van der Waals surface area (Å²) in [6.07, 6.45) is 1.75. The van der Waals surface area contributed by atoms with Gasteiger partial charge >= 0.3 is 5.97 Å². The average molecular weight is 516 g/mol. The number of imidazole rings is 1. The number of carbonyl (C=O) groups is 1. The number of aromatic nitrogens is 2. The van der Waals surface area contributed by atoms with E-state index in [1.54, 1.807) is 13.0 Å². The Kier molecular flexibility index (Phi) is 6.27. The summed E-state index contributed by atoms with van der Waals surface area (Å²) < 4.78 is 27.9. The zero-order valence-corrected chi connectivity index (χ0v) is 21.4. The number of ether oxygens (including phenoxy) is 2. The number of carboxylic acids is 1. The molecule has 38 heavy (non-hydrogen) atoms. The molecular weight excluding hydrogens is 485 g/mol. The summed E-state index contributed by atoms with van der Waals surface area (Å²) >= 11 is 0. The molecule has 8 heteroatoms. The molecule has 6 rings (SSSR count). The summed E-state index contributed by atoms with van der Waals surface area (Å²) in [5.74, 6) is -0.239. The van der Waals surface area contributed by atoms with Gasteiger partial charge in [-0.25, -0.2) is 9.37 Å². The standard InChI is InChI=1S/C30H30FN3O4/c1-17-19(15-32-21-9-10-22-23(18(2)30(35)36)16-38-28(22)14-21)5-3-6-25(17)34-26-11-8-20(31)13-24(26)33-29(34)27-7-4-12-37-27/h3,5-6,8-11,13-14,18,23,27,32H,4,7,12,15-16H2,1-2H3,(H,35,36)/t18?,23-,27+/m0/s1. The molecule has 1 aromatic heterocycles. The second kappa shape index (κ2) is 9.76. The average Bonchev–Trinajstić information content (AvgIpc) is 3.65. The zero-order valence-electron chi connectivity index (χ0n) is 21.4. The maximum absolute atomic E-state index is 14.0. The smallest absolute Gasteiger partial charge is 0.306 e. The van der Waals surface area contributed by atoms with Crippen molar-refractivity contribution in [3.8, 4) is 11.4 Å². The highest BCUT2D eigenvalue weighted by Gasteiger charge is 2.33. The Labute approximate surface area is 220 Å². The van der Waals surface area contributed by atoms with E-state index in [9.17, 15) is 14.3 Å². The third-order valence-corrected chi connectivity index (χ3v) is 7.83. The van der Waals surface area contributed by atoms with Crippen molar-refractivity contribution in [2.45, 2.75) is 45.3 Å². The third-order valence-electron chi connectivity index (χ3n) is 7.83. The largest absolute Gasteiger partial charge is 0.493 e. The fourth-order valence-corrected chi connectivity index (χ4v) is 5.55. The summed E-state index contributed by atoms with van der Waals surface area (Å²) in [4.78, 5) is 16.2. The molecule has 1 saturated heterocycles. The molecule has 0 amide bonds. The second-order valence-electron chi connectivity index (χ2n) is 10.2. The molecule has 0 radical (unpaired) electrons. The van der Waals surface area contributed by atoms with Crippen molar-refractivity contribution >= 4 is 22.7 Å². The van der Waals surface area contributed by atoms with E-state index in [4.69, 9.17) is 14.5 Å². The second-order valence-corrected chi connectivity index (χ2v) is 10.2. The summed E-state index contributed by atoms with van der Waals surface area (Å²) in [7, 11) is 0. The molecule has 0 bridgehead atoms. The van der Waals surface area contributed by atoms with Crippen LogP contribution in [-0.2, 0) is 16.1 Å². The molecule has 2 N–H and O–H groups in total. The van der Waals surface area contributed by atoms with Crippen molar-refractivity contribution in [3.05, 3.63) is 82.9 Å². The molecule has 0 aliphatic carbocycles. The van der Waals surface area contributed by atoms with E-state index in [2.05, 4.69) is 28.9 Å². The van der Waals surface area contributed by atoms with Crippen LogP contribution in [0.5, 0.6) is 5.75 Å². The summed E-state index contributed by atoms with van der Waals surface area (Å²) in [5, 5.41) is 12.9. The van der Waals surface area contributed by atoms with Gasteiger partial charge < -0.3 is 19.9 Å². The summed E-state index contributed by atoms with van der Waals surface area (Å²) in [6, 6.07) is 16.8. The number of benzene rings is 3. The molecule has 0 spiro atoms. The van der Waals surface area contributed by atoms with Gasteiger partial charge in [-0.3, -0.25) is 9.36 Å². The maximum Gasteiger partial charge on any atom is 0.306 e. The Bertz CT molecular complexity index is 1530.